The molecule has 3 rings (SSSR count). The smallest absolute Gasteiger partial charge is 0.225 e. The van der Waals surface area contributed by atoms with E-state index in [0.29, 0.717) is 10.0 Å². The Hall–Kier alpha value is -2.04. The summed E-state index contributed by atoms with van der Waals surface area (Å²) in [7, 11) is 0. The van der Waals surface area contributed by atoms with Crippen LogP contribution in [0.1, 0.15) is 31.3 Å². The molecule has 1 atom stereocenters. The van der Waals surface area contributed by atoms with Crippen molar-refractivity contribution in [3.63, 3.8) is 0 Å². The van der Waals surface area contributed by atoms with Crippen molar-refractivity contribution in [3.05, 3.63) is 63.9 Å². The number of fused-ring (bicyclic) bond motifs is 1. The molecule has 130 valence electrons. The van der Waals surface area contributed by atoms with E-state index in [4.69, 9.17) is 23.2 Å². The number of H-pyrrole nitrogens is 1. The van der Waals surface area contributed by atoms with E-state index in [0.717, 1.165) is 22.4 Å². The van der Waals surface area contributed by atoms with Gasteiger partial charge >= 0.3 is 0 Å². The fourth-order valence-electron chi connectivity index (χ4n) is 2.73. The molecule has 2 aromatic carbocycles. The minimum atomic E-state index is -0.192. The van der Waals surface area contributed by atoms with Crippen LogP contribution in [0.25, 0.3) is 11.0 Å². The summed E-state index contributed by atoms with van der Waals surface area (Å²) in [5, 5.41) is 4.00. The maximum Gasteiger partial charge on any atom is 0.225 e. The van der Waals surface area contributed by atoms with Crippen molar-refractivity contribution in [2.75, 3.05) is 0 Å². The lowest BCUT2D eigenvalue weighted by molar-refractivity contribution is -0.121. The zero-order valence-electron chi connectivity index (χ0n) is 14.0. The summed E-state index contributed by atoms with van der Waals surface area (Å²) in [6.07, 6.45) is 0.236. The lowest BCUT2D eigenvalue weighted by atomic mass is 10.0. The molecule has 0 aliphatic carbocycles. The standard InChI is InChI=1S/C19H19Cl2N3O/c1-11(2)18(19-22-15-5-3-4-6-16(15)23-19)24-17(25)10-12-7-8-13(20)14(21)9-12/h3-9,11,18H,10H2,1-2H3,(H,22,23)(H,24,25)/t18-/m0/s1. The fourth-order valence-corrected chi connectivity index (χ4v) is 3.05. The van der Waals surface area contributed by atoms with E-state index >= 15 is 0 Å². The highest BCUT2D eigenvalue weighted by molar-refractivity contribution is 6.42. The molecule has 0 aliphatic rings. The van der Waals surface area contributed by atoms with Crippen molar-refractivity contribution in [3.8, 4) is 0 Å². The second kappa shape index (κ2) is 7.46. The monoisotopic (exact) mass is 375 g/mol. The number of amides is 1. The Kier molecular flexibility index (Phi) is 5.30. The third-order valence-electron chi connectivity index (χ3n) is 4.03. The normalized spacial score (nSPS) is 12.5. The third-order valence-corrected chi connectivity index (χ3v) is 4.77. The van der Waals surface area contributed by atoms with Gasteiger partial charge in [-0.05, 0) is 35.7 Å². The van der Waals surface area contributed by atoms with Crippen molar-refractivity contribution in [2.24, 2.45) is 5.92 Å². The first-order chi connectivity index (χ1) is 11.9. The van der Waals surface area contributed by atoms with Gasteiger partial charge in [-0.2, -0.15) is 0 Å². The molecule has 2 N–H and O–H groups in total. The van der Waals surface area contributed by atoms with Gasteiger partial charge in [0.15, 0.2) is 0 Å². The van der Waals surface area contributed by atoms with E-state index < -0.39 is 0 Å². The van der Waals surface area contributed by atoms with E-state index in [-0.39, 0.29) is 24.3 Å². The molecule has 0 fully saturated rings. The lowest BCUT2D eigenvalue weighted by Gasteiger charge is -2.20. The molecule has 0 bridgehead atoms. The zero-order chi connectivity index (χ0) is 18.0. The quantitative estimate of drug-likeness (QED) is 0.664. The van der Waals surface area contributed by atoms with Gasteiger partial charge in [0.25, 0.3) is 0 Å². The predicted octanol–water partition coefficient (Wildman–Crippen LogP) is 4.93. The van der Waals surface area contributed by atoms with Crippen LogP contribution in [-0.4, -0.2) is 15.9 Å². The third kappa shape index (κ3) is 4.14. The molecule has 0 saturated heterocycles. The first-order valence-corrected chi connectivity index (χ1v) is 8.87. The maximum atomic E-state index is 12.5. The van der Waals surface area contributed by atoms with Gasteiger partial charge in [-0.25, -0.2) is 4.98 Å². The molecule has 0 saturated carbocycles. The molecule has 1 amide bonds. The first-order valence-electron chi connectivity index (χ1n) is 8.12. The predicted molar refractivity (Wildman–Crippen MR) is 102 cm³/mol. The van der Waals surface area contributed by atoms with E-state index in [1.807, 2.05) is 24.3 Å². The number of aromatic amines is 1. The number of para-hydroxylation sites is 2. The SMILES string of the molecule is CC(C)[C@H](NC(=O)Cc1ccc(Cl)c(Cl)c1)c1nc2ccccc2[nH]1. The maximum absolute atomic E-state index is 12.5. The highest BCUT2D eigenvalue weighted by atomic mass is 35.5. The largest absolute Gasteiger partial charge is 0.346 e. The number of carbonyl (C=O) groups excluding carboxylic acids is 1. The number of nitrogens with zero attached hydrogens (tertiary/aromatic N) is 1. The van der Waals surface area contributed by atoms with Gasteiger partial charge in [-0.15, -0.1) is 0 Å². The Bertz CT molecular complexity index is 872. The number of hydrogen-bond acceptors (Lipinski definition) is 2. The lowest BCUT2D eigenvalue weighted by Crippen LogP contribution is -2.33. The average molecular weight is 376 g/mol. The Balaban J connectivity index is 1.77. The molecule has 0 unspecified atom stereocenters. The van der Waals surface area contributed by atoms with Crippen molar-refractivity contribution in [1.29, 1.82) is 0 Å². The molecule has 4 nitrogen and oxygen atoms in total. The van der Waals surface area contributed by atoms with Crippen LogP contribution >= 0.6 is 23.2 Å². The number of aromatic nitrogens is 2. The summed E-state index contributed by atoms with van der Waals surface area (Å²) in [5.74, 6) is 0.870. The van der Waals surface area contributed by atoms with Crippen molar-refractivity contribution >= 4 is 40.1 Å². The number of carbonyl (C=O) groups is 1. The number of rotatable bonds is 5. The van der Waals surface area contributed by atoms with Gasteiger partial charge in [-0.3, -0.25) is 4.79 Å². The molecule has 0 aliphatic heterocycles. The minimum Gasteiger partial charge on any atom is -0.346 e. The molecule has 0 spiro atoms. The zero-order valence-corrected chi connectivity index (χ0v) is 15.5. The summed E-state index contributed by atoms with van der Waals surface area (Å²) < 4.78 is 0. The summed E-state index contributed by atoms with van der Waals surface area (Å²) in [6, 6.07) is 12.9. The number of benzene rings is 2. The van der Waals surface area contributed by atoms with Crippen LogP contribution in [0.2, 0.25) is 10.0 Å². The van der Waals surface area contributed by atoms with Crippen molar-refractivity contribution in [2.45, 2.75) is 26.3 Å². The Labute approximate surface area is 156 Å². The van der Waals surface area contributed by atoms with Crippen LogP contribution in [0, 0.1) is 5.92 Å². The molecule has 3 aromatic rings. The summed E-state index contributed by atoms with van der Waals surface area (Å²) >= 11 is 11.9. The second-order valence-electron chi connectivity index (χ2n) is 6.35. The van der Waals surface area contributed by atoms with Crippen LogP contribution < -0.4 is 5.32 Å². The highest BCUT2D eigenvalue weighted by Crippen LogP contribution is 2.24. The summed E-state index contributed by atoms with van der Waals surface area (Å²) in [6.45, 7) is 4.11. The van der Waals surface area contributed by atoms with Crippen LogP contribution in [0.5, 0.6) is 0 Å². The van der Waals surface area contributed by atoms with Gasteiger partial charge in [0, 0.05) is 0 Å². The summed E-state index contributed by atoms with van der Waals surface area (Å²) in [5.41, 5.74) is 2.67. The number of hydrogen-bond donors (Lipinski definition) is 2. The second-order valence-corrected chi connectivity index (χ2v) is 7.17. The van der Waals surface area contributed by atoms with Crippen LogP contribution in [0.4, 0.5) is 0 Å². The number of nitrogens with one attached hydrogen (secondary N) is 2. The van der Waals surface area contributed by atoms with E-state index in [1.165, 1.54) is 0 Å². The number of halogens is 2. The van der Waals surface area contributed by atoms with Gasteiger partial charge in [-0.1, -0.05) is 55.2 Å². The highest BCUT2D eigenvalue weighted by Gasteiger charge is 2.22. The minimum absolute atomic E-state index is 0.0856. The van der Waals surface area contributed by atoms with Crippen LogP contribution in [0.15, 0.2) is 42.5 Å². The van der Waals surface area contributed by atoms with Gasteiger partial charge < -0.3 is 10.3 Å². The fraction of sp³-hybridized carbons (Fsp3) is 0.263. The topological polar surface area (TPSA) is 57.8 Å². The Morgan fingerprint density at radius 1 is 1.16 bits per heavy atom. The van der Waals surface area contributed by atoms with Crippen molar-refractivity contribution in [1.82, 2.24) is 15.3 Å². The molecular formula is C19H19Cl2N3O. The first kappa shape index (κ1) is 17.8. The Morgan fingerprint density at radius 2 is 1.92 bits per heavy atom. The molecule has 1 heterocycles. The molecule has 0 radical (unpaired) electrons. The molecule has 6 heteroatoms. The molecule has 25 heavy (non-hydrogen) atoms. The molecular weight excluding hydrogens is 357 g/mol. The van der Waals surface area contributed by atoms with E-state index in [9.17, 15) is 4.79 Å². The van der Waals surface area contributed by atoms with Crippen LogP contribution in [0.3, 0.4) is 0 Å². The van der Waals surface area contributed by atoms with Gasteiger partial charge in [0.05, 0.1) is 33.5 Å². The van der Waals surface area contributed by atoms with E-state index in [1.54, 1.807) is 18.2 Å². The Morgan fingerprint density at radius 3 is 2.60 bits per heavy atom. The number of imidazole rings is 1. The van der Waals surface area contributed by atoms with Crippen molar-refractivity contribution < 1.29 is 4.79 Å². The van der Waals surface area contributed by atoms with E-state index in [2.05, 4.69) is 29.1 Å². The average Bonchev–Trinajstić information content (AvgIpc) is 2.99. The van der Waals surface area contributed by atoms with Crippen LogP contribution in [-0.2, 0) is 11.2 Å². The van der Waals surface area contributed by atoms with Gasteiger partial charge in [0.2, 0.25) is 5.91 Å². The van der Waals surface area contributed by atoms with Gasteiger partial charge in [0.1, 0.15) is 5.82 Å². The molecule has 1 aromatic heterocycles. The summed E-state index contributed by atoms with van der Waals surface area (Å²) in [4.78, 5) is 20.4.